The molecule has 13 N–H and O–H groups in total. The predicted molar refractivity (Wildman–Crippen MR) is 160 cm³/mol. The van der Waals surface area contributed by atoms with E-state index in [0.717, 1.165) is 16.5 Å². The van der Waals surface area contributed by atoms with Crippen molar-refractivity contribution in [2.24, 2.45) is 27.9 Å². The lowest BCUT2D eigenvalue weighted by Gasteiger charge is -2.25. The second kappa shape index (κ2) is 16.8. The predicted octanol–water partition coefficient (Wildman–Crippen LogP) is -1.74. The van der Waals surface area contributed by atoms with E-state index in [1.54, 1.807) is 12.5 Å². The molecular weight excluding hydrogens is 566 g/mol. The topological polar surface area (TPSA) is 274 Å². The van der Waals surface area contributed by atoms with Crippen LogP contribution >= 0.6 is 11.8 Å². The highest BCUT2D eigenvalue weighted by molar-refractivity contribution is 7.98. The zero-order valence-electron chi connectivity index (χ0n) is 23.3. The molecule has 0 saturated carbocycles. The number of hydrogen-bond donors (Lipinski definition) is 9. The van der Waals surface area contributed by atoms with E-state index in [4.69, 9.17) is 22.9 Å². The summed E-state index contributed by atoms with van der Waals surface area (Å²) in [6, 6.07) is 2.61. The number of nitrogens with one attached hydrogen (secondary N) is 4. The van der Waals surface area contributed by atoms with Crippen LogP contribution in [0.5, 0.6) is 0 Å². The van der Waals surface area contributed by atoms with E-state index in [9.17, 15) is 29.1 Å². The van der Waals surface area contributed by atoms with E-state index >= 15 is 0 Å². The average Bonchev–Trinajstić information content (AvgIpc) is 3.34. The molecule has 0 saturated heterocycles. The number of aliphatic imine (C=N–C) groups is 1. The van der Waals surface area contributed by atoms with Crippen molar-refractivity contribution in [1.29, 1.82) is 0 Å². The maximum Gasteiger partial charge on any atom is 0.326 e. The molecule has 1 aromatic carbocycles. The number of aromatic nitrogens is 1. The number of nitrogens with zero attached hydrogens (tertiary/aromatic N) is 1. The molecule has 1 aromatic heterocycles. The van der Waals surface area contributed by atoms with E-state index in [2.05, 4.69) is 25.9 Å². The second-order valence-electron chi connectivity index (χ2n) is 9.59. The molecule has 0 aliphatic carbocycles. The molecule has 0 fully saturated rings. The first-order chi connectivity index (χ1) is 19.9. The summed E-state index contributed by atoms with van der Waals surface area (Å²) in [6.45, 7) is 0.280. The summed E-state index contributed by atoms with van der Waals surface area (Å²) in [4.78, 5) is 69.4. The molecular formula is C26H39N9O6S. The number of primary amides is 1. The van der Waals surface area contributed by atoms with Gasteiger partial charge in [0.1, 0.15) is 18.1 Å². The van der Waals surface area contributed by atoms with Gasteiger partial charge in [-0.15, -0.1) is 0 Å². The number of carbonyl (C=O) groups excluding carboxylic acids is 4. The molecule has 0 spiro atoms. The summed E-state index contributed by atoms with van der Waals surface area (Å²) in [5.41, 5.74) is 23.4. The number of H-pyrrole nitrogens is 1. The fraction of sp³-hybridized carbons (Fsp3) is 0.462. The number of thioether (sulfide) groups is 1. The van der Waals surface area contributed by atoms with E-state index in [0.29, 0.717) is 12.2 Å². The quantitative estimate of drug-likeness (QED) is 0.0525. The lowest BCUT2D eigenvalue weighted by Crippen LogP contribution is -2.58. The van der Waals surface area contributed by atoms with E-state index in [1.807, 2.05) is 24.3 Å². The molecule has 2 rings (SSSR count). The van der Waals surface area contributed by atoms with Crippen LogP contribution < -0.4 is 38.9 Å². The summed E-state index contributed by atoms with van der Waals surface area (Å²) in [7, 11) is 0. The van der Waals surface area contributed by atoms with Crippen molar-refractivity contribution in [3.63, 3.8) is 0 Å². The number of nitrogens with two attached hydrogens (primary N) is 4. The first kappa shape index (κ1) is 33.9. The van der Waals surface area contributed by atoms with Crippen molar-refractivity contribution in [2.75, 3.05) is 18.6 Å². The number of guanidine groups is 1. The third-order valence-electron chi connectivity index (χ3n) is 6.30. The average molecular weight is 606 g/mol. The smallest absolute Gasteiger partial charge is 0.326 e. The molecule has 0 radical (unpaired) electrons. The summed E-state index contributed by atoms with van der Waals surface area (Å²) in [6.07, 6.45) is 3.81. The summed E-state index contributed by atoms with van der Waals surface area (Å²) < 4.78 is 0. The molecule has 4 unspecified atom stereocenters. The Bertz CT molecular complexity index is 1280. The maximum atomic E-state index is 13.6. The van der Waals surface area contributed by atoms with Gasteiger partial charge in [-0.3, -0.25) is 24.2 Å². The molecule has 2 aromatic rings. The minimum absolute atomic E-state index is 0.0681. The zero-order valence-corrected chi connectivity index (χ0v) is 24.1. The van der Waals surface area contributed by atoms with Gasteiger partial charge in [0, 0.05) is 30.1 Å². The highest BCUT2D eigenvalue weighted by atomic mass is 32.2. The van der Waals surface area contributed by atoms with Crippen LogP contribution in [-0.2, 0) is 30.4 Å². The molecule has 0 bridgehead atoms. The zero-order chi connectivity index (χ0) is 31.2. The Morgan fingerprint density at radius 3 is 2.24 bits per heavy atom. The molecule has 42 heavy (non-hydrogen) atoms. The number of rotatable bonds is 18. The second-order valence-corrected chi connectivity index (χ2v) is 10.6. The van der Waals surface area contributed by atoms with Gasteiger partial charge in [-0.05, 0) is 42.9 Å². The van der Waals surface area contributed by atoms with Gasteiger partial charge in [0.25, 0.3) is 0 Å². The van der Waals surface area contributed by atoms with Crippen molar-refractivity contribution >= 4 is 58.2 Å². The Kier molecular flexibility index (Phi) is 13.6. The lowest BCUT2D eigenvalue weighted by molar-refractivity contribution is -0.143. The van der Waals surface area contributed by atoms with Crippen LogP contribution in [-0.4, -0.2) is 88.4 Å². The van der Waals surface area contributed by atoms with Crippen molar-refractivity contribution in [3.05, 3.63) is 36.0 Å². The Balaban J connectivity index is 2.26. The van der Waals surface area contributed by atoms with Gasteiger partial charge >= 0.3 is 5.97 Å². The Morgan fingerprint density at radius 1 is 0.952 bits per heavy atom. The van der Waals surface area contributed by atoms with Gasteiger partial charge in [-0.25, -0.2) is 4.79 Å². The molecule has 16 heteroatoms. The Labute approximate surface area is 247 Å². The Morgan fingerprint density at radius 2 is 1.60 bits per heavy atom. The first-order valence-corrected chi connectivity index (χ1v) is 14.6. The van der Waals surface area contributed by atoms with Crippen LogP contribution in [0.2, 0.25) is 0 Å². The standard InChI is InChI=1S/C26H39N9O6S/c1-42-10-8-18(23(38)35-20(25(40)41)12-21(28)36)33-24(39)19(11-14-13-32-17-7-3-2-5-15(14)17)34-22(37)16(27)6-4-9-31-26(29)30/h2-3,5,7,13,16,18-20,32H,4,6,8-12,27H2,1H3,(H2,28,36)(H,33,39)(H,34,37)(H,35,38)(H,40,41)(H4,29,30,31). The van der Waals surface area contributed by atoms with Crippen LogP contribution in [0.1, 0.15) is 31.2 Å². The number of para-hydroxylation sites is 1. The highest BCUT2D eigenvalue weighted by Crippen LogP contribution is 2.19. The molecule has 0 aliphatic heterocycles. The number of benzene rings is 1. The van der Waals surface area contributed by atoms with Crippen molar-refractivity contribution in [1.82, 2.24) is 20.9 Å². The van der Waals surface area contributed by atoms with E-state index in [-0.39, 0.29) is 31.8 Å². The van der Waals surface area contributed by atoms with E-state index < -0.39 is 60.2 Å². The van der Waals surface area contributed by atoms with Gasteiger partial charge in [-0.1, -0.05) is 18.2 Å². The van der Waals surface area contributed by atoms with Crippen LogP contribution in [0, 0.1) is 0 Å². The van der Waals surface area contributed by atoms with Gasteiger partial charge < -0.3 is 49.0 Å². The number of aliphatic carboxylic acids is 1. The highest BCUT2D eigenvalue weighted by Gasteiger charge is 2.31. The maximum absolute atomic E-state index is 13.6. The lowest BCUT2D eigenvalue weighted by atomic mass is 10.0. The van der Waals surface area contributed by atoms with E-state index in [1.165, 1.54) is 11.8 Å². The van der Waals surface area contributed by atoms with Crippen LogP contribution in [0.3, 0.4) is 0 Å². The van der Waals surface area contributed by atoms with Gasteiger partial charge in [0.2, 0.25) is 23.6 Å². The minimum atomic E-state index is -1.57. The molecule has 4 atom stereocenters. The monoisotopic (exact) mass is 605 g/mol. The van der Waals surface area contributed by atoms with Gasteiger partial charge in [0.15, 0.2) is 5.96 Å². The molecule has 15 nitrogen and oxygen atoms in total. The number of carbonyl (C=O) groups is 5. The van der Waals surface area contributed by atoms with Crippen LogP contribution in [0.4, 0.5) is 0 Å². The van der Waals surface area contributed by atoms with Crippen molar-refractivity contribution < 1.29 is 29.1 Å². The molecule has 1 heterocycles. The summed E-state index contributed by atoms with van der Waals surface area (Å²) in [5.74, 6) is -4.06. The Hall–Kier alpha value is -4.31. The largest absolute Gasteiger partial charge is 0.480 e. The fourth-order valence-corrected chi connectivity index (χ4v) is 4.58. The number of carboxylic acids is 1. The summed E-state index contributed by atoms with van der Waals surface area (Å²) in [5, 5.41) is 17.8. The molecule has 4 amide bonds. The normalized spacial score (nSPS) is 13.8. The third-order valence-corrected chi connectivity index (χ3v) is 6.94. The van der Waals surface area contributed by atoms with Gasteiger partial charge in [-0.2, -0.15) is 11.8 Å². The summed E-state index contributed by atoms with van der Waals surface area (Å²) >= 11 is 1.41. The minimum Gasteiger partial charge on any atom is -0.480 e. The number of hydrogen-bond acceptors (Lipinski definition) is 8. The van der Waals surface area contributed by atoms with Crippen LogP contribution in [0.25, 0.3) is 10.9 Å². The molecule has 230 valence electrons. The van der Waals surface area contributed by atoms with Crippen molar-refractivity contribution in [2.45, 2.75) is 56.3 Å². The fourth-order valence-electron chi connectivity index (χ4n) is 4.11. The SMILES string of the molecule is CSCCC(NC(=O)C(Cc1c[nH]c2ccccc12)NC(=O)C(N)CCCN=C(N)N)C(=O)NC(CC(N)=O)C(=O)O. The molecule has 0 aliphatic rings. The number of aromatic amines is 1. The van der Waals surface area contributed by atoms with Gasteiger partial charge in [0.05, 0.1) is 12.5 Å². The third kappa shape index (κ3) is 10.9. The first-order valence-electron chi connectivity index (χ1n) is 13.2. The number of amides is 4. The number of carboxylic acid groups (broad SMARTS) is 1. The number of fused-ring (bicyclic) bond motifs is 1. The van der Waals surface area contributed by atoms with Crippen LogP contribution in [0.15, 0.2) is 35.5 Å². The van der Waals surface area contributed by atoms with Crippen molar-refractivity contribution in [3.8, 4) is 0 Å².